The van der Waals surface area contributed by atoms with Gasteiger partial charge in [-0.05, 0) is 53.1 Å². The molecule has 0 heterocycles. The first-order chi connectivity index (χ1) is 9.00. The van der Waals surface area contributed by atoms with Gasteiger partial charge in [-0.1, -0.05) is 25.4 Å². The molecule has 0 saturated carbocycles. The van der Waals surface area contributed by atoms with E-state index in [1.807, 2.05) is 6.07 Å². The molecule has 1 aromatic carbocycles. The Bertz CT molecular complexity index is 424. The highest BCUT2D eigenvalue weighted by atomic mass is 127. The summed E-state index contributed by atoms with van der Waals surface area (Å²) in [5, 5.41) is 3.45. The number of rotatable bonds is 7. The molecule has 106 valence electrons. The number of halogens is 2. The molecule has 1 N–H and O–H groups in total. The van der Waals surface area contributed by atoms with Crippen molar-refractivity contribution in [1.29, 1.82) is 0 Å². The van der Waals surface area contributed by atoms with Gasteiger partial charge in [-0.15, -0.1) is 0 Å². The highest BCUT2D eigenvalue weighted by Gasteiger charge is 2.09. The van der Waals surface area contributed by atoms with E-state index < -0.39 is 0 Å². The first-order valence-corrected chi connectivity index (χ1v) is 7.77. The molecule has 1 aromatic rings. The van der Waals surface area contributed by atoms with Gasteiger partial charge in [0.25, 0.3) is 5.91 Å². The third-order valence-electron chi connectivity index (χ3n) is 2.38. The zero-order valence-electron chi connectivity index (χ0n) is 11.2. The highest BCUT2D eigenvalue weighted by Crippen LogP contribution is 2.17. The van der Waals surface area contributed by atoms with Crippen molar-refractivity contribution in [3.63, 3.8) is 0 Å². The van der Waals surface area contributed by atoms with Gasteiger partial charge in [0.2, 0.25) is 0 Å². The lowest BCUT2D eigenvalue weighted by molar-refractivity contribution is 0.0924. The van der Waals surface area contributed by atoms with Crippen LogP contribution >= 0.6 is 34.2 Å². The Morgan fingerprint density at radius 2 is 2.21 bits per heavy atom. The maximum Gasteiger partial charge on any atom is 0.252 e. The van der Waals surface area contributed by atoms with Crippen LogP contribution in [0.25, 0.3) is 0 Å². The molecule has 3 nitrogen and oxygen atoms in total. The van der Waals surface area contributed by atoms with E-state index in [4.69, 9.17) is 16.3 Å². The van der Waals surface area contributed by atoms with Gasteiger partial charge in [0, 0.05) is 28.4 Å². The van der Waals surface area contributed by atoms with E-state index in [1.54, 1.807) is 12.1 Å². The average molecular weight is 396 g/mol. The van der Waals surface area contributed by atoms with Gasteiger partial charge in [0.1, 0.15) is 0 Å². The summed E-state index contributed by atoms with van der Waals surface area (Å²) in [6.07, 6.45) is 0.815. The lowest BCUT2D eigenvalue weighted by Gasteiger charge is -2.09. The Morgan fingerprint density at radius 3 is 2.89 bits per heavy atom. The molecule has 19 heavy (non-hydrogen) atoms. The maximum atomic E-state index is 11.9. The largest absolute Gasteiger partial charge is 0.381 e. The molecule has 1 rings (SSSR count). The zero-order valence-corrected chi connectivity index (χ0v) is 14.1. The predicted octanol–water partition coefficient (Wildman–Crippen LogP) is 3.74. The molecule has 0 fully saturated rings. The van der Waals surface area contributed by atoms with Crippen LogP contribution in [0.1, 0.15) is 30.6 Å². The Hall–Kier alpha value is -0.330. The van der Waals surface area contributed by atoms with E-state index in [0.29, 0.717) is 29.7 Å². The van der Waals surface area contributed by atoms with Gasteiger partial charge in [-0.3, -0.25) is 4.79 Å². The zero-order chi connectivity index (χ0) is 14.3. The van der Waals surface area contributed by atoms with E-state index in [1.165, 1.54) is 0 Å². The van der Waals surface area contributed by atoms with Crippen molar-refractivity contribution >= 4 is 40.1 Å². The van der Waals surface area contributed by atoms with Crippen LogP contribution in [0, 0.1) is 9.49 Å². The molecule has 0 aromatic heterocycles. The number of hydrogen-bond acceptors (Lipinski definition) is 2. The van der Waals surface area contributed by atoms with Gasteiger partial charge < -0.3 is 10.1 Å². The summed E-state index contributed by atoms with van der Waals surface area (Å²) in [6.45, 7) is 6.27. The molecule has 0 atom stereocenters. The number of ether oxygens (including phenoxy) is 1. The standard InChI is InChI=1S/C14H19ClINO2/c1-10(2)9-19-7-3-6-17-14(18)12-8-11(15)4-5-13(12)16/h4-5,8,10H,3,6-7,9H2,1-2H3,(H,17,18). The van der Waals surface area contributed by atoms with Crippen LogP contribution in [0.4, 0.5) is 0 Å². The molecule has 0 aliphatic heterocycles. The van der Waals surface area contributed by atoms with Crippen LogP contribution in [-0.4, -0.2) is 25.7 Å². The van der Waals surface area contributed by atoms with Crippen LogP contribution < -0.4 is 5.32 Å². The van der Waals surface area contributed by atoms with Crippen molar-refractivity contribution in [2.75, 3.05) is 19.8 Å². The summed E-state index contributed by atoms with van der Waals surface area (Å²) < 4.78 is 6.35. The Kier molecular flexibility index (Phi) is 7.71. The molecule has 0 bridgehead atoms. The molecule has 5 heteroatoms. The van der Waals surface area contributed by atoms with E-state index >= 15 is 0 Å². The fourth-order valence-electron chi connectivity index (χ4n) is 1.46. The second-order valence-electron chi connectivity index (χ2n) is 4.70. The normalized spacial score (nSPS) is 10.8. The van der Waals surface area contributed by atoms with Crippen LogP contribution in [0.2, 0.25) is 5.02 Å². The molecule has 0 unspecified atom stereocenters. The lowest BCUT2D eigenvalue weighted by atomic mass is 10.2. The number of hydrogen-bond donors (Lipinski definition) is 1. The molecule has 1 amide bonds. The molecule has 0 spiro atoms. The molecule has 0 aliphatic carbocycles. The molecular formula is C14H19ClINO2. The first kappa shape index (κ1) is 16.7. The predicted molar refractivity (Wildman–Crippen MR) is 86.8 cm³/mol. The second-order valence-corrected chi connectivity index (χ2v) is 6.30. The summed E-state index contributed by atoms with van der Waals surface area (Å²) in [7, 11) is 0. The van der Waals surface area contributed by atoms with Crippen molar-refractivity contribution in [3.05, 3.63) is 32.4 Å². The third-order valence-corrected chi connectivity index (χ3v) is 3.55. The molecule has 0 saturated heterocycles. The summed E-state index contributed by atoms with van der Waals surface area (Å²) in [6, 6.07) is 5.30. The fraction of sp³-hybridized carbons (Fsp3) is 0.500. The second kappa shape index (κ2) is 8.76. The van der Waals surface area contributed by atoms with E-state index in [-0.39, 0.29) is 5.91 Å². The lowest BCUT2D eigenvalue weighted by Crippen LogP contribution is -2.26. The quantitative estimate of drug-likeness (QED) is 0.564. The van der Waals surface area contributed by atoms with Gasteiger partial charge >= 0.3 is 0 Å². The van der Waals surface area contributed by atoms with Crippen molar-refractivity contribution in [2.24, 2.45) is 5.92 Å². The third kappa shape index (κ3) is 6.58. The highest BCUT2D eigenvalue weighted by molar-refractivity contribution is 14.1. The number of benzene rings is 1. The monoisotopic (exact) mass is 395 g/mol. The number of carbonyl (C=O) groups excluding carboxylic acids is 1. The van der Waals surface area contributed by atoms with Crippen LogP contribution in [0.15, 0.2) is 18.2 Å². The van der Waals surface area contributed by atoms with Gasteiger partial charge in [-0.25, -0.2) is 0 Å². The van der Waals surface area contributed by atoms with Crippen LogP contribution in [0.5, 0.6) is 0 Å². The molecular weight excluding hydrogens is 377 g/mol. The minimum Gasteiger partial charge on any atom is -0.381 e. The summed E-state index contributed by atoms with van der Waals surface area (Å²) in [5.41, 5.74) is 0.621. The number of amides is 1. The van der Waals surface area contributed by atoms with E-state index in [9.17, 15) is 4.79 Å². The Labute approximate surface area is 133 Å². The van der Waals surface area contributed by atoms with E-state index in [2.05, 4.69) is 41.8 Å². The minimum absolute atomic E-state index is 0.0873. The van der Waals surface area contributed by atoms with Gasteiger partial charge in [0.15, 0.2) is 0 Å². The minimum atomic E-state index is -0.0873. The maximum absolute atomic E-state index is 11.9. The Balaban J connectivity index is 2.29. The van der Waals surface area contributed by atoms with Crippen molar-refractivity contribution in [2.45, 2.75) is 20.3 Å². The van der Waals surface area contributed by atoms with Crippen LogP contribution in [-0.2, 0) is 4.74 Å². The molecule has 0 radical (unpaired) electrons. The first-order valence-electron chi connectivity index (χ1n) is 6.31. The number of carbonyl (C=O) groups is 1. The number of nitrogens with one attached hydrogen (secondary N) is 1. The van der Waals surface area contributed by atoms with Gasteiger partial charge in [0.05, 0.1) is 5.56 Å². The van der Waals surface area contributed by atoms with Crippen LogP contribution in [0.3, 0.4) is 0 Å². The summed E-state index contributed by atoms with van der Waals surface area (Å²) >= 11 is 8.02. The van der Waals surface area contributed by atoms with Crippen molar-refractivity contribution in [1.82, 2.24) is 5.32 Å². The SMILES string of the molecule is CC(C)COCCCNC(=O)c1cc(Cl)ccc1I. The molecule has 0 aliphatic rings. The Morgan fingerprint density at radius 1 is 1.47 bits per heavy atom. The topological polar surface area (TPSA) is 38.3 Å². The fourth-order valence-corrected chi connectivity index (χ4v) is 2.21. The van der Waals surface area contributed by atoms with Gasteiger partial charge in [-0.2, -0.15) is 0 Å². The van der Waals surface area contributed by atoms with Crippen molar-refractivity contribution in [3.8, 4) is 0 Å². The summed E-state index contributed by atoms with van der Waals surface area (Å²) in [5.74, 6) is 0.457. The van der Waals surface area contributed by atoms with E-state index in [0.717, 1.165) is 16.6 Å². The smallest absolute Gasteiger partial charge is 0.252 e. The average Bonchev–Trinajstić information content (AvgIpc) is 2.36. The summed E-state index contributed by atoms with van der Waals surface area (Å²) in [4.78, 5) is 11.9. The van der Waals surface area contributed by atoms with Crippen molar-refractivity contribution < 1.29 is 9.53 Å².